The lowest BCUT2D eigenvalue weighted by Crippen LogP contribution is -1.90. The predicted molar refractivity (Wildman–Crippen MR) is 60.6 cm³/mol. The molecule has 0 spiro atoms. The summed E-state index contributed by atoms with van der Waals surface area (Å²) in [5.41, 5.74) is 0. The van der Waals surface area contributed by atoms with E-state index in [1.165, 1.54) is 36.7 Å². The molecule has 0 aliphatic carbocycles. The third-order valence-corrected chi connectivity index (χ3v) is 3.23. The van der Waals surface area contributed by atoms with Crippen molar-refractivity contribution >= 4 is 39.5 Å². The van der Waals surface area contributed by atoms with Crippen LogP contribution < -0.4 is 0 Å². The minimum Gasteiger partial charge on any atom is -0.440 e. The van der Waals surface area contributed by atoms with E-state index >= 15 is 0 Å². The van der Waals surface area contributed by atoms with Crippen molar-refractivity contribution in [2.24, 2.45) is 4.99 Å². The second-order valence-electron chi connectivity index (χ2n) is 2.35. The Balaban J connectivity index is 2.87. The molecule has 1 aromatic rings. The van der Waals surface area contributed by atoms with Gasteiger partial charge in [0, 0.05) is 6.92 Å². The number of aromatic nitrogens is 1. The Hall–Kier alpha value is -0.750. The summed E-state index contributed by atoms with van der Waals surface area (Å²) in [7, 11) is 0. The molecule has 4 nitrogen and oxygen atoms in total. The highest BCUT2D eigenvalue weighted by Crippen LogP contribution is 2.18. The van der Waals surface area contributed by atoms with Gasteiger partial charge in [0.1, 0.15) is 10.6 Å². The van der Waals surface area contributed by atoms with Crippen LogP contribution in [-0.4, -0.2) is 27.7 Å². The Morgan fingerprint density at radius 1 is 1.50 bits per heavy atom. The number of aliphatic imine (C=N–C) groups is 1. The lowest BCUT2D eigenvalue weighted by Gasteiger charge is -1.93. The van der Waals surface area contributed by atoms with Gasteiger partial charge in [-0.25, -0.2) is 4.99 Å². The molecule has 1 heterocycles. The summed E-state index contributed by atoms with van der Waals surface area (Å²) in [5, 5.41) is 0. The highest BCUT2D eigenvalue weighted by atomic mass is 32.2. The van der Waals surface area contributed by atoms with Crippen molar-refractivity contribution in [3.05, 3.63) is 12.2 Å². The summed E-state index contributed by atoms with van der Waals surface area (Å²) >= 11 is 3.06. The number of rotatable bonds is 2. The molecule has 0 atom stereocenters. The van der Waals surface area contributed by atoms with Crippen molar-refractivity contribution in [2.45, 2.75) is 6.92 Å². The van der Waals surface area contributed by atoms with E-state index in [1.807, 2.05) is 12.5 Å². The van der Waals surface area contributed by atoms with Gasteiger partial charge in [-0.3, -0.25) is 4.79 Å². The summed E-state index contributed by atoms with van der Waals surface area (Å²) in [5.74, 6) is 0.348. The number of oxazole rings is 1. The highest BCUT2D eigenvalue weighted by Gasteiger charge is 2.07. The number of carbonyl (C=O) groups excluding carboxylic acids is 1. The first-order chi connectivity index (χ1) is 6.67. The quantitative estimate of drug-likeness (QED) is 0.444. The maximum atomic E-state index is 10.9. The third kappa shape index (κ3) is 2.88. The number of hydrogen-bond acceptors (Lipinski definition) is 6. The summed E-state index contributed by atoms with van der Waals surface area (Å²) in [6.07, 6.45) is 5.24. The van der Waals surface area contributed by atoms with Crippen LogP contribution in [0.15, 0.2) is 15.7 Å². The molecule has 1 aromatic heterocycles. The van der Waals surface area contributed by atoms with Crippen molar-refractivity contribution in [3.63, 3.8) is 0 Å². The van der Waals surface area contributed by atoms with E-state index in [0.717, 1.165) is 4.38 Å². The van der Waals surface area contributed by atoms with Gasteiger partial charge < -0.3 is 4.42 Å². The van der Waals surface area contributed by atoms with Crippen molar-refractivity contribution in [1.82, 2.24) is 4.98 Å². The van der Waals surface area contributed by atoms with Crippen molar-refractivity contribution in [2.75, 3.05) is 12.5 Å². The number of carbonyl (C=O) groups is 1. The van der Waals surface area contributed by atoms with Crippen LogP contribution in [0.1, 0.15) is 17.6 Å². The summed E-state index contributed by atoms with van der Waals surface area (Å²) in [6.45, 7) is 1.41. The van der Waals surface area contributed by atoms with Crippen LogP contribution >= 0.6 is 23.5 Å². The summed E-state index contributed by atoms with van der Waals surface area (Å²) in [6, 6.07) is 0. The van der Waals surface area contributed by atoms with Gasteiger partial charge in [0.25, 0.3) is 5.89 Å². The highest BCUT2D eigenvalue weighted by molar-refractivity contribution is 8.38. The van der Waals surface area contributed by atoms with Crippen molar-refractivity contribution in [3.8, 4) is 0 Å². The number of Topliss-reactive ketones (excluding diaryl/α,β-unsaturated/α-hetero) is 1. The number of thioether (sulfide) groups is 2. The standard InChI is InChI=1S/C8H10N2O2S2/c1-5(11)7-9-6(4-12-7)10-8(13-2)14-3/h4H,1-3H3. The van der Waals surface area contributed by atoms with E-state index < -0.39 is 0 Å². The summed E-state index contributed by atoms with van der Waals surface area (Å²) < 4.78 is 5.81. The topological polar surface area (TPSA) is 55.5 Å². The van der Waals surface area contributed by atoms with Gasteiger partial charge in [-0.2, -0.15) is 4.98 Å². The molecule has 1 rings (SSSR count). The van der Waals surface area contributed by atoms with E-state index in [9.17, 15) is 4.79 Å². The minimum absolute atomic E-state index is 0.102. The largest absolute Gasteiger partial charge is 0.440 e. The van der Waals surface area contributed by atoms with Gasteiger partial charge in [0.05, 0.1) is 0 Å². The van der Waals surface area contributed by atoms with Crippen LogP contribution in [0, 0.1) is 0 Å². The molecule has 0 amide bonds. The molecule has 0 fully saturated rings. The van der Waals surface area contributed by atoms with Crippen molar-refractivity contribution < 1.29 is 9.21 Å². The Morgan fingerprint density at radius 2 is 2.14 bits per heavy atom. The normalized spacial score (nSPS) is 9.93. The second kappa shape index (κ2) is 5.21. The Morgan fingerprint density at radius 3 is 2.57 bits per heavy atom. The van der Waals surface area contributed by atoms with E-state index in [0.29, 0.717) is 5.82 Å². The van der Waals surface area contributed by atoms with E-state index in [2.05, 4.69) is 9.98 Å². The Labute approximate surface area is 90.6 Å². The first-order valence-electron chi connectivity index (χ1n) is 3.80. The third-order valence-electron chi connectivity index (χ3n) is 1.35. The number of ketones is 1. The second-order valence-corrected chi connectivity index (χ2v) is 4.20. The SMILES string of the molecule is CSC(=Nc1coc(C(C)=O)n1)SC. The Bertz CT molecular complexity index is 354. The van der Waals surface area contributed by atoms with Crippen LogP contribution in [0.4, 0.5) is 5.82 Å². The molecule has 76 valence electrons. The molecule has 14 heavy (non-hydrogen) atoms. The predicted octanol–water partition coefficient (Wildman–Crippen LogP) is 2.59. The molecule has 0 aliphatic rings. The molecular weight excluding hydrogens is 220 g/mol. The molecule has 0 aliphatic heterocycles. The average molecular weight is 230 g/mol. The number of nitrogens with zero attached hydrogens (tertiary/aromatic N) is 2. The zero-order chi connectivity index (χ0) is 10.6. The van der Waals surface area contributed by atoms with Gasteiger partial charge >= 0.3 is 0 Å². The van der Waals surface area contributed by atoms with Crippen LogP contribution in [0.2, 0.25) is 0 Å². The molecular formula is C8H10N2O2S2. The van der Waals surface area contributed by atoms with Crippen LogP contribution in [0.25, 0.3) is 0 Å². The molecule has 0 aromatic carbocycles. The van der Waals surface area contributed by atoms with E-state index in [1.54, 1.807) is 0 Å². The van der Waals surface area contributed by atoms with Crippen LogP contribution in [-0.2, 0) is 0 Å². The average Bonchev–Trinajstić information content (AvgIpc) is 2.62. The molecule has 0 saturated heterocycles. The zero-order valence-corrected chi connectivity index (χ0v) is 9.74. The van der Waals surface area contributed by atoms with Gasteiger partial charge in [-0.15, -0.1) is 23.5 Å². The lowest BCUT2D eigenvalue weighted by atomic mass is 10.5. The molecule has 0 N–H and O–H groups in total. The molecule has 0 saturated carbocycles. The molecule has 0 unspecified atom stereocenters. The first kappa shape index (κ1) is 11.3. The van der Waals surface area contributed by atoms with E-state index in [-0.39, 0.29) is 11.7 Å². The van der Waals surface area contributed by atoms with Crippen LogP contribution in [0.5, 0.6) is 0 Å². The van der Waals surface area contributed by atoms with Crippen LogP contribution in [0.3, 0.4) is 0 Å². The van der Waals surface area contributed by atoms with E-state index in [4.69, 9.17) is 4.42 Å². The smallest absolute Gasteiger partial charge is 0.264 e. The van der Waals surface area contributed by atoms with Gasteiger partial charge in [0.2, 0.25) is 5.78 Å². The monoisotopic (exact) mass is 230 g/mol. The fourth-order valence-electron chi connectivity index (χ4n) is 0.746. The lowest BCUT2D eigenvalue weighted by molar-refractivity contribution is 0.0981. The molecule has 0 bridgehead atoms. The zero-order valence-electron chi connectivity index (χ0n) is 8.10. The fourth-order valence-corrected chi connectivity index (χ4v) is 1.78. The van der Waals surface area contributed by atoms with Gasteiger partial charge in [0.15, 0.2) is 5.82 Å². The number of hydrogen-bond donors (Lipinski definition) is 0. The molecule has 6 heteroatoms. The van der Waals surface area contributed by atoms with Crippen molar-refractivity contribution in [1.29, 1.82) is 0 Å². The Kier molecular flexibility index (Phi) is 4.21. The minimum atomic E-state index is -0.193. The fraction of sp³-hybridized carbons (Fsp3) is 0.375. The maximum Gasteiger partial charge on any atom is 0.264 e. The first-order valence-corrected chi connectivity index (χ1v) is 6.25. The van der Waals surface area contributed by atoms with Gasteiger partial charge in [-0.1, -0.05) is 0 Å². The summed E-state index contributed by atoms with van der Waals surface area (Å²) in [4.78, 5) is 19.0. The van der Waals surface area contributed by atoms with Gasteiger partial charge in [-0.05, 0) is 12.5 Å². The molecule has 0 radical (unpaired) electrons. The maximum absolute atomic E-state index is 10.9.